The second-order valence-electron chi connectivity index (χ2n) is 7.78. The Kier molecular flexibility index (Phi) is 5.44. The van der Waals surface area contributed by atoms with E-state index < -0.39 is 5.97 Å². The Hall–Kier alpha value is -4.26. The van der Waals surface area contributed by atoms with Crippen molar-refractivity contribution < 1.29 is 19.1 Å². The van der Waals surface area contributed by atoms with E-state index in [0.717, 1.165) is 16.9 Å². The van der Waals surface area contributed by atoms with E-state index in [1.807, 2.05) is 43.3 Å². The molecule has 7 heteroatoms. The van der Waals surface area contributed by atoms with Crippen molar-refractivity contribution in [3.05, 3.63) is 101 Å². The average Bonchev–Trinajstić information content (AvgIpc) is 3.40. The summed E-state index contributed by atoms with van der Waals surface area (Å²) in [6.07, 6.45) is 1.06. The minimum Gasteiger partial charge on any atom is -0.483 e. The molecule has 0 aliphatic heterocycles. The summed E-state index contributed by atoms with van der Waals surface area (Å²) in [5, 5.41) is 8.99. The van der Waals surface area contributed by atoms with Gasteiger partial charge in [0.2, 0.25) is 0 Å². The van der Waals surface area contributed by atoms with Crippen LogP contribution >= 0.6 is 0 Å². The molecule has 5 rings (SSSR count). The number of fused-ring (bicyclic) bond motifs is 1. The first-order valence-electron chi connectivity index (χ1n) is 10.7. The fraction of sp³-hybridized carbons (Fsp3) is 0.154. The predicted octanol–water partition coefficient (Wildman–Crippen LogP) is 4.50. The Labute approximate surface area is 190 Å². The molecule has 3 aromatic carbocycles. The summed E-state index contributed by atoms with van der Waals surface area (Å²) in [6, 6.07) is 21.7. The largest absolute Gasteiger partial charge is 0.483 e. The number of benzene rings is 3. The molecule has 0 spiro atoms. The number of nitrogens with zero attached hydrogens (tertiary/aromatic N) is 3. The number of rotatable bonds is 6. The highest BCUT2D eigenvalue weighted by Crippen LogP contribution is 2.36. The molecule has 164 valence electrons. The summed E-state index contributed by atoms with van der Waals surface area (Å²) in [5.74, 6) is 0.172. The number of ether oxygens (including phenoxy) is 2. The summed E-state index contributed by atoms with van der Waals surface area (Å²) in [4.78, 5) is 26.5. The third-order valence-corrected chi connectivity index (χ3v) is 5.53. The molecule has 0 saturated carbocycles. The number of aromatic nitrogens is 3. The summed E-state index contributed by atoms with van der Waals surface area (Å²) < 4.78 is 11.7. The molecular weight excluding hydrogens is 418 g/mol. The van der Waals surface area contributed by atoms with E-state index in [2.05, 4.69) is 10.2 Å². The molecule has 1 aromatic heterocycles. The van der Waals surface area contributed by atoms with Crippen molar-refractivity contribution >= 4 is 11.8 Å². The lowest BCUT2D eigenvalue weighted by Crippen LogP contribution is -2.10. The molecular formula is C26H21N3O4. The molecule has 0 unspecified atom stereocenters. The van der Waals surface area contributed by atoms with Crippen molar-refractivity contribution in [2.45, 2.75) is 26.4 Å². The second kappa shape index (κ2) is 8.70. The Bertz CT molecular complexity index is 1330. The lowest BCUT2D eigenvalue weighted by Gasteiger charge is -2.13. The van der Waals surface area contributed by atoms with Crippen LogP contribution in [0, 0.1) is 6.92 Å². The van der Waals surface area contributed by atoms with Gasteiger partial charge in [0, 0.05) is 12.0 Å². The Balaban J connectivity index is 1.42. The Morgan fingerprint density at radius 2 is 1.67 bits per heavy atom. The first kappa shape index (κ1) is 20.6. The van der Waals surface area contributed by atoms with E-state index in [0.29, 0.717) is 35.4 Å². The molecule has 0 fully saturated rings. The van der Waals surface area contributed by atoms with Crippen molar-refractivity contribution in [2.24, 2.45) is 0 Å². The second-order valence-corrected chi connectivity index (χ2v) is 7.78. The molecule has 0 bridgehead atoms. The smallest absolute Gasteiger partial charge is 0.343 e. The average molecular weight is 439 g/mol. The minimum absolute atomic E-state index is 0.0574. The van der Waals surface area contributed by atoms with Crippen LogP contribution in [-0.2, 0) is 13.0 Å². The zero-order chi connectivity index (χ0) is 22.8. The molecule has 4 aromatic rings. The van der Waals surface area contributed by atoms with Gasteiger partial charge < -0.3 is 9.47 Å². The number of hydrogen-bond donors (Lipinski definition) is 0. The lowest BCUT2D eigenvalue weighted by atomic mass is 10.1. The normalized spacial score (nSPS) is 12.5. The quantitative estimate of drug-likeness (QED) is 0.325. The highest BCUT2D eigenvalue weighted by atomic mass is 16.6. The molecule has 0 atom stereocenters. The van der Waals surface area contributed by atoms with E-state index in [4.69, 9.17) is 9.47 Å². The molecule has 0 N–H and O–H groups in total. The van der Waals surface area contributed by atoms with E-state index >= 15 is 0 Å². The number of carbonyl (C=O) groups excluding carboxylic acids is 2. The van der Waals surface area contributed by atoms with Crippen LogP contribution < -0.4 is 9.47 Å². The Morgan fingerprint density at radius 3 is 2.42 bits per heavy atom. The lowest BCUT2D eigenvalue weighted by molar-refractivity contribution is 0.0727. The van der Waals surface area contributed by atoms with Gasteiger partial charge >= 0.3 is 5.97 Å². The maximum Gasteiger partial charge on any atom is 0.343 e. The summed E-state index contributed by atoms with van der Waals surface area (Å²) in [6.45, 7) is 1.97. The number of Topliss-reactive ketones (excluding diaryl/α,β-unsaturated/α-hetero) is 1. The molecule has 0 saturated heterocycles. The van der Waals surface area contributed by atoms with Gasteiger partial charge in [0.25, 0.3) is 0 Å². The van der Waals surface area contributed by atoms with Crippen LogP contribution in [0.1, 0.15) is 44.1 Å². The summed E-state index contributed by atoms with van der Waals surface area (Å²) >= 11 is 0. The van der Waals surface area contributed by atoms with Crippen LogP contribution in [-0.4, -0.2) is 26.7 Å². The highest BCUT2D eigenvalue weighted by Gasteiger charge is 2.24. The first-order valence-corrected chi connectivity index (χ1v) is 10.7. The third-order valence-electron chi connectivity index (χ3n) is 5.53. The third kappa shape index (κ3) is 4.25. The zero-order valence-electron chi connectivity index (χ0n) is 18.0. The van der Waals surface area contributed by atoms with Crippen LogP contribution in [0.15, 0.2) is 72.8 Å². The monoisotopic (exact) mass is 439 g/mol. The molecule has 33 heavy (non-hydrogen) atoms. The van der Waals surface area contributed by atoms with E-state index in [1.54, 1.807) is 41.2 Å². The number of hydrogen-bond acceptors (Lipinski definition) is 6. The topological polar surface area (TPSA) is 83.3 Å². The molecule has 1 aliphatic rings. The first-order chi connectivity index (χ1) is 16.1. The van der Waals surface area contributed by atoms with E-state index in [-0.39, 0.29) is 18.1 Å². The number of carbonyl (C=O) groups is 2. The van der Waals surface area contributed by atoms with Gasteiger partial charge in [-0.05, 0) is 55.3 Å². The predicted molar refractivity (Wildman–Crippen MR) is 121 cm³/mol. The van der Waals surface area contributed by atoms with Crippen LogP contribution in [0.5, 0.6) is 11.5 Å². The highest BCUT2D eigenvalue weighted by molar-refractivity contribution is 6.01. The van der Waals surface area contributed by atoms with Gasteiger partial charge in [0.15, 0.2) is 17.3 Å². The Morgan fingerprint density at radius 1 is 0.939 bits per heavy atom. The van der Waals surface area contributed by atoms with E-state index in [9.17, 15) is 9.59 Å². The van der Waals surface area contributed by atoms with Crippen molar-refractivity contribution in [1.82, 2.24) is 15.0 Å². The van der Waals surface area contributed by atoms with Gasteiger partial charge in [-0.25, -0.2) is 4.79 Å². The van der Waals surface area contributed by atoms with Gasteiger partial charge in [-0.1, -0.05) is 36.4 Å². The van der Waals surface area contributed by atoms with Gasteiger partial charge in [-0.2, -0.15) is 9.90 Å². The number of para-hydroxylation sites is 1. The standard InChI is InChI=1S/C26H21N3O4/c1-17-22(28-29(27-17)20-10-6-3-7-11-20)16-32-24-15-21-19(12-13-23(21)30)14-25(24)33-26(31)18-8-4-2-5-9-18/h2-11,14-15H,12-13,16H2,1H3. The molecule has 1 heterocycles. The molecule has 0 radical (unpaired) electrons. The van der Waals surface area contributed by atoms with Gasteiger partial charge in [-0.3, -0.25) is 4.79 Å². The van der Waals surface area contributed by atoms with Crippen molar-refractivity contribution in [3.63, 3.8) is 0 Å². The van der Waals surface area contributed by atoms with Crippen molar-refractivity contribution in [2.75, 3.05) is 0 Å². The number of esters is 1. The zero-order valence-corrected chi connectivity index (χ0v) is 18.0. The number of aryl methyl sites for hydroxylation is 2. The molecule has 1 aliphatic carbocycles. The van der Waals surface area contributed by atoms with Crippen LogP contribution in [0.3, 0.4) is 0 Å². The minimum atomic E-state index is -0.490. The van der Waals surface area contributed by atoms with Crippen molar-refractivity contribution in [1.29, 1.82) is 0 Å². The van der Waals surface area contributed by atoms with Crippen LogP contribution in [0.4, 0.5) is 0 Å². The van der Waals surface area contributed by atoms with Gasteiger partial charge in [-0.15, -0.1) is 5.10 Å². The van der Waals surface area contributed by atoms with Crippen molar-refractivity contribution in [3.8, 4) is 17.2 Å². The van der Waals surface area contributed by atoms with E-state index in [1.165, 1.54) is 0 Å². The van der Waals surface area contributed by atoms with Gasteiger partial charge in [0.05, 0.1) is 16.9 Å². The molecule has 7 nitrogen and oxygen atoms in total. The van der Waals surface area contributed by atoms with Gasteiger partial charge in [0.1, 0.15) is 12.3 Å². The molecule has 0 amide bonds. The SMILES string of the molecule is Cc1nn(-c2ccccc2)nc1COc1cc2c(cc1OC(=O)c1ccccc1)CCC2=O. The maximum atomic E-state index is 12.6. The maximum absolute atomic E-state index is 12.6. The fourth-order valence-corrected chi connectivity index (χ4v) is 3.74. The fourth-order valence-electron chi connectivity index (χ4n) is 3.74. The number of ketones is 1. The summed E-state index contributed by atoms with van der Waals surface area (Å²) in [7, 11) is 0. The summed E-state index contributed by atoms with van der Waals surface area (Å²) in [5.41, 5.74) is 4.10. The van der Waals surface area contributed by atoms with Crippen LogP contribution in [0.25, 0.3) is 5.69 Å². The van der Waals surface area contributed by atoms with Crippen LogP contribution in [0.2, 0.25) is 0 Å².